The summed E-state index contributed by atoms with van der Waals surface area (Å²) in [5, 5.41) is 17.3. The SMILES string of the molecule is Cc1nc(-n2nnc3ccccc32)ccc1CO. The van der Waals surface area contributed by atoms with Crippen molar-refractivity contribution >= 4 is 11.0 Å². The summed E-state index contributed by atoms with van der Waals surface area (Å²) >= 11 is 0. The Morgan fingerprint density at radius 1 is 1.17 bits per heavy atom. The molecular formula is C13H12N4O. The molecule has 3 rings (SSSR count). The summed E-state index contributed by atoms with van der Waals surface area (Å²) in [5.41, 5.74) is 3.38. The third-order valence-corrected chi connectivity index (χ3v) is 2.92. The summed E-state index contributed by atoms with van der Waals surface area (Å²) in [6, 6.07) is 11.4. The second kappa shape index (κ2) is 4.19. The van der Waals surface area contributed by atoms with Gasteiger partial charge in [0.05, 0.1) is 12.1 Å². The van der Waals surface area contributed by atoms with E-state index in [1.54, 1.807) is 4.68 Å². The second-order valence-corrected chi connectivity index (χ2v) is 4.06. The number of hydrogen-bond donors (Lipinski definition) is 1. The fourth-order valence-corrected chi connectivity index (χ4v) is 1.90. The molecule has 18 heavy (non-hydrogen) atoms. The van der Waals surface area contributed by atoms with Gasteiger partial charge in [0.15, 0.2) is 5.82 Å². The molecule has 0 atom stereocenters. The Labute approximate surface area is 104 Å². The van der Waals surface area contributed by atoms with Crippen molar-refractivity contribution in [3.8, 4) is 5.82 Å². The van der Waals surface area contributed by atoms with Crippen molar-refractivity contribution in [2.24, 2.45) is 0 Å². The van der Waals surface area contributed by atoms with Crippen LogP contribution < -0.4 is 0 Å². The third-order valence-electron chi connectivity index (χ3n) is 2.92. The molecule has 3 aromatic rings. The minimum Gasteiger partial charge on any atom is -0.392 e. The van der Waals surface area contributed by atoms with Gasteiger partial charge in [0.2, 0.25) is 0 Å². The maximum Gasteiger partial charge on any atom is 0.156 e. The zero-order valence-corrected chi connectivity index (χ0v) is 9.91. The van der Waals surface area contributed by atoms with E-state index < -0.39 is 0 Å². The average molecular weight is 240 g/mol. The van der Waals surface area contributed by atoms with Crippen LogP contribution in [0.15, 0.2) is 36.4 Å². The molecule has 0 radical (unpaired) electrons. The quantitative estimate of drug-likeness (QED) is 0.739. The Morgan fingerprint density at radius 3 is 2.78 bits per heavy atom. The molecule has 0 saturated carbocycles. The molecule has 0 spiro atoms. The number of hydrogen-bond acceptors (Lipinski definition) is 4. The van der Waals surface area contributed by atoms with Gasteiger partial charge in [-0.1, -0.05) is 23.4 Å². The predicted molar refractivity (Wildman–Crippen MR) is 67.3 cm³/mol. The molecule has 0 aliphatic heterocycles. The zero-order chi connectivity index (χ0) is 12.5. The number of benzene rings is 1. The van der Waals surface area contributed by atoms with Crippen LogP contribution in [0.5, 0.6) is 0 Å². The van der Waals surface area contributed by atoms with Gasteiger partial charge in [0, 0.05) is 5.69 Å². The number of aryl methyl sites for hydroxylation is 1. The number of aliphatic hydroxyl groups is 1. The lowest BCUT2D eigenvalue weighted by Crippen LogP contribution is -2.03. The minimum atomic E-state index is -0.00276. The summed E-state index contributed by atoms with van der Waals surface area (Å²) in [6.45, 7) is 1.87. The van der Waals surface area contributed by atoms with Gasteiger partial charge in [-0.15, -0.1) is 5.10 Å². The molecule has 1 N–H and O–H groups in total. The van der Waals surface area contributed by atoms with E-state index in [4.69, 9.17) is 5.11 Å². The van der Waals surface area contributed by atoms with Crippen LogP contribution in [0.4, 0.5) is 0 Å². The molecular weight excluding hydrogens is 228 g/mol. The molecule has 90 valence electrons. The predicted octanol–water partition coefficient (Wildman–Crippen LogP) is 1.62. The largest absolute Gasteiger partial charge is 0.392 e. The van der Waals surface area contributed by atoms with Crippen molar-refractivity contribution in [3.05, 3.63) is 47.7 Å². The van der Waals surface area contributed by atoms with E-state index in [-0.39, 0.29) is 6.61 Å². The molecule has 0 amide bonds. The van der Waals surface area contributed by atoms with Gasteiger partial charge in [-0.25, -0.2) is 4.98 Å². The summed E-state index contributed by atoms with van der Waals surface area (Å²) in [4.78, 5) is 4.44. The summed E-state index contributed by atoms with van der Waals surface area (Å²) < 4.78 is 1.70. The molecule has 0 bridgehead atoms. The van der Waals surface area contributed by atoms with E-state index >= 15 is 0 Å². The van der Waals surface area contributed by atoms with Crippen LogP contribution in [0, 0.1) is 6.92 Å². The minimum absolute atomic E-state index is 0.00276. The standard InChI is InChI=1S/C13H12N4O/c1-9-10(8-18)6-7-13(14-9)17-12-5-3-2-4-11(12)15-16-17/h2-7,18H,8H2,1H3. The smallest absolute Gasteiger partial charge is 0.156 e. The lowest BCUT2D eigenvalue weighted by atomic mass is 10.2. The molecule has 0 aliphatic rings. The first-order valence-electron chi connectivity index (χ1n) is 5.68. The van der Waals surface area contributed by atoms with Gasteiger partial charge in [-0.3, -0.25) is 0 Å². The first-order chi connectivity index (χ1) is 8.79. The van der Waals surface area contributed by atoms with Gasteiger partial charge >= 0.3 is 0 Å². The average Bonchev–Trinajstić information content (AvgIpc) is 2.82. The summed E-state index contributed by atoms with van der Waals surface area (Å²) in [6.07, 6.45) is 0. The monoisotopic (exact) mass is 240 g/mol. The van der Waals surface area contributed by atoms with E-state index in [2.05, 4.69) is 15.3 Å². The molecule has 0 fully saturated rings. The fraction of sp³-hybridized carbons (Fsp3) is 0.154. The molecule has 5 nitrogen and oxygen atoms in total. The number of rotatable bonds is 2. The maximum absolute atomic E-state index is 9.14. The number of nitrogens with zero attached hydrogens (tertiary/aromatic N) is 4. The molecule has 0 unspecified atom stereocenters. The molecule has 0 aliphatic carbocycles. The molecule has 5 heteroatoms. The number of aliphatic hydroxyl groups excluding tert-OH is 1. The lowest BCUT2D eigenvalue weighted by Gasteiger charge is -2.05. The Kier molecular flexibility index (Phi) is 2.53. The van der Waals surface area contributed by atoms with Crippen molar-refractivity contribution in [3.63, 3.8) is 0 Å². The maximum atomic E-state index is 9.14. The van der Waals surface area contributed by atoms with Crippen molar-refractivity contribution in [2.75, 3.05) is 0 Å². The van der Waals surface area contributed by atoms with Crippen LogP contribution >= 0.6 is 0 Å². The number of fused-ring (bicyclic) bond motifs is 1. The van der Waals surface area contributed by atoms with Gasteiger partial charge in [0.1, 0.15) is 5.52 Å². The normalized spacial score (nSPS) is 11.0. The van der Waals surface area contributed by atoms with Crippen molar-refractivity contribution < 1.29 is 5.11 Å². The lowest BCUT2D eigenvalue weighted by molar-refractivity contribution is 0.280. The summed E-state index contributed by atoms with van der Waals surface area (Å²) in [5.74, 6) is 0.707. The Balaban J connectivity index is 2.17. The summed E-state index contributed by atoms with van der Waals surface area (Å²) in [7, 11) is 0. The van der Waals surface area contributed by atoms with E-state index in [0.29, 0.717) is 5.82 Å². The molecule has 0 saturated heterocycles. The fourth-order valence-electron chi connectivity index (χ4n) is 1.90. The van der Waals surface area contributed by atoms with Crippen molar-refractivity contribution in [1.82, 2.24) is 20.0 Å². The van der Waals surface area contributed by atoms with Gasteiger partial charge in [0.25, 0.3) is 0 Å². The van der Waals surface area contributed by atoms with Crippen molar-refractivity contribution in [2.45, 2.75) is 13.5 Å². The Morgan fingerprint density at radius 2 is 2.00 bits per heavy atom. The number of para-hydroxylation sites is 1. The topological polar surface area (TPSA) is 63.8 Å². The van der Waals surface area contributed by atoms with Crippen LogP contribution in [0.1, 0.15) is 11.3 Å². The van der Waals surface area contributed by atoms with Gasteiger partial charge in [-0.05, 0) is 30.7 Å². The molecule has 2 heterocycles. The van der Waals surface area contributed by atoms with Crippen molar-refractivity contribution in [1.29, 1.82) is 0 Å². The van der Waals surface area contributed by atoms with E-state index in [9.17, 15) is 0 Å². The Hall–Kier alpha value is -2.27. The highest BCUT2D eigenvalue weighted by Gasteiger charge is 2.08. The van der Waals surface area contributed by atoms with Crippen LogP contribution in [0.3, 0.4) is 0 Å². The van der Waals surface area contributed by atoms with Gasteiger partial charge in [-0.2, -0.15) is 4.68 Å². The number of pyridine rings is 1. The van der Waals surface area contributed by atoms with E-state index in [1.807, 2.05) is 43.3 Å². The molecule has 1 aromatic carbocycles. The molecule has 2 aromatic heterocycles. The Bertz CT molecular complexity index is 705. The number of aromatic nitrogens is 4. The highest BCUT2D eigenvalue weighted by atomic mass is 16.3. The van der Waals surface area contributed by atoms with Gasteiger partial charge < -0.3 is 5.11 Å². The zero-order valence-electron chi connectivity index (χ0n) is 9.91. The highest BCUT2D eigenvalue weighted by Crippen LogP contribution is 2.16. The van der Waals surface area contributed by atoms with E-state index in [1.165, 1.54) is 0 Å². The second-order valence-electron chi connectivity index (χ2n) is 4.06. The van der Waals surface area contributed by atoms with E-state index in [0.717, 1.165) is 22.3 Å². The third kappa shape index (κ3) is 1.65. The van der Waals surface area contributed by atoms with Crippen LogP contribution in [-0.2, 0) is 6.61 Å². The van der Waals surface area contributed by atoms with Crippen LogP contribution in [0.2, 0.25) is 0 Å². The first-order valence-corrected chi connectivity index (χ1v) is 5.68. The highest BCUT2D eigenvalue weighted by molar-refractivity contribution is 5.75. The first kappa shape index (κ1) is 10.9. The van der Waals surface area contributed by atoms with Crippen LogP contribution in [-0.4, -0.2) is 25.1 Å². The van der Waals surface area contributed by atoms with Crippen LogP contribution in [0.25, 0.3) is 16.9 Å².